The Kier molecular flexibility index (Phi) is 3.47. The zero-order chi connectivity index (χ0) is 15.5. The summed E-state index contributed by atoms with van der Waals surface area (Å²) in [7, 11) is 0. The van der Waals surface area contributed by atoms with Gasteiger partial charge in [-0.15, -0.1) is 23.2 Å². The summed E-state index contributed by atoms with van der Waals surface area (Å²) >= 11 is 12.7. The number of hydrogen-bond acceptors (Lipinski definition) is 1. The third kappa shape index (κ3) is 2.45. The summed E-state index contributed by atoms with van der Waals surface area (Å²) in [6, 6.07) is 8.00. The summed E-state index contributed by atoms with van der Waals surface area (Å²) in [6.07, 6.45) is 4.35. The summed E-state index contributed by atoms with van der Waals surface area (Å²) in [5.41, 5.74) is 2.11. The maximum atomic E-state index is 12.5. The first-order chi connectivity index (χ1) is 10.5. The minimum Gasteiger partial charge on any atom is -0.326 e. The molecule has 118 valence electrons. The lowest BCUT2D eigenvalue weighted by molar-refractivity contribution is -0.117. The van der Waals surface area contributed by atoms with Crippen LogP contribution in [-0.2, 0) is 4.79 Å². The van der Waals surface area contributed by atoms with E-state index in [2.05, 4.69) is 5.32 Å². The molecule has 3 aliphatic rings. The zero-order valence-electron chi connectivity index (χ0n) is 12.7. The van der Waals surface area contributed by atoms with E-state index in [1.54, 1.807) is 0 Å². The summed E-state index contributed by atoms with van der Waals surface area (Å²) in [6.45, 7) is 2.05. The Labute approximate surface area is 141 Å². The van der Waals surface area contributed by atoms with Gasteiger partial charge in [-0.25, -0.2) is 0 Å². The second-order valence-electron chi connectivity index (χ2n) is 7.25. The molecule has 22 heavy (non-hydrogen) atoms. The Morgan fingerprint density at radius 1 is 1.05 bits per heavy atom. The van der Waals surface area contributed by atoms with Crippen LogP contribution in [0.3, 0.4) is 0 Å². The second kappa shape index (κ2) is 5.14. The van der Waals surface area contributed by atoms with Gasteiger partial charge >= 0.3 is 0 Å². The van der Waals surface area contributed by atoms with Crippen LogP contribution < -0.4 is 5.32 Å². The van der Waals surface area contributed by atoms with Crippen LogP contribution in [0.4, 0.5) is 5.69 Å². The summed E-state index contributed by atoms with van der Waals surface area (Å²) in [4.78, 5) is 12.5. The molecule has 2 nitrogen and oxygen atoms in total. The Bertz CT molecular complexity index is 576. The van der Waals surface area contributed by atoms with E-state index in [0.29, 0.717) is 23.7 Å². The van der Waals surface area contributed by atoms with Crippen LogP contribution in [-0.4, -0.2) is 10.2 Å². The number of fused-ring (bicyclic) bond motifs is 2. The monoisotopic (exact) mass is 337 g/mol. The van der Waals surface area contributed by atoms with Crippen LogP contribution in [0.15, 0.2) is 24.3 Å². The molecule has 1 aromatic carbocycles. The van der Waals surface area contributed by atoms with E-state index in [9.17, 15) is 4.79 Å². The molecular formula is C18H21Cl2NO. The number of halogens is 2. The highest BCUT2D eigenvalue weighted by Crippen LogP contribution is 2.67. The highest BCUT2D eigenvalue weighted by atomic mass is 35.5. The van der Waals surface area contributed by atoms with Gasteiger partial charge in [0.05, 0.1) is 0 Å². The quantitative estimate of drug-likeness (QED) is 0.772. The first kappa shape index (κ1) is 14.8. The minimum absolute atomic E-state index is 0.192. The molecule has 3 fully saturated rings. The average Bonchev–Trinajstić information content (AvgIpc) is 3.26. The van der Waals surface area contributed by atoms with E-state index in [0.717, 1.165) is 31.4 Å². The molecule has 4 unspecified atom stereocenters. The molecule has 0 heterocycles. The van der Waals surface area contributed by atoms with Crippen molar-refractivity contribution in [1.29, 1.82) is 0 Å². The van der Waals surface area contributed by atoms with Crippen molar-refractivity contribution in [2.24, 2.45) is 29.6 Å². The molecule has 0 spiro atoms. The van der Waals surface area contributed by atoms with Crippen molar-refractivity contribution < 1.29 is 4.79 Å². The van der Waals surface area contributed by atoms with E-state index in [1.807, 2.05) is 31.2 Å². The van der Waals surface area contributed by atoms with Crippen LogP contribution in [0.1, 0.15) is 31.2 Å². The third-order valence-electron chi connectivity index (χ3n) is 5.94. The topological polar surface area (TPSA) is 29.1 Å². The number of carbonyl (C=O) groups is 1. The number of amides is 1. The van der Waals surface area contributed by atoms with Crippen LogP contribution in [0.5, 0.6) is 0 Å². The molecule has 0 aromatic heterocycles. The largest absolute Gasteiger partial charge is 0.326 e. The van der Waals surface area contributed by atoms with E-state index in [1.165, 1.54) is 5.56 Å². The molecule has 1 amide bonds. The number of carbonyl (C=O) groups excluding carboxylic acids is 1. The van der Waals surface area contributed by atoms with Crippen LogP contribution in [0.2, 0.25) is 0 Å². The highest BCUT2D eigenvalue weighted by Gasteiger charge is 2.65. The first-order valence-electron chi connectivity index (χ1n) is 8.24. The first-order valence-corrected chi connectivity index (χ1v) is 8.99. The molecule has 1 aromatic rings. The fraction of sp³-hybridized carbons (Fsp3) is 0.611. The smallest absolute Gasteiger partial charge is 0.228 e. The van der Waals surface area contributed by atoms with Crippen molar-refractivity contribution >= 4 is 34.8 Å². The van der Waals surface area contributed by atoms with E-state index >= 15 is 0 Å². The molecule has 4 rings (SSSR count). The fourth-order valence-electron chi connectivity index (χ4n) is 4.48. The lowest BCUT2D eigenvalue weighted by atomic mass is 10.0. The van der Waals surface area contributed by atoms with Gasteiger partial charge in [-0.3, -0.25) is 4.79 Å². The van der Waals surface area contributed by atoms with Crippen molar-refractivity contribution in [3.05, 3.63) is 29.8 Å². The van der Waals surface area contributed by atoms with Gasteiger partial charge in [-0.1, -0.05) is 17.7 Å². The van der Waals surface area contributed by atoms with Gasteiger partial charge in [0, 0.05) is 11.6 Å². The molecule has 0 radical (unpaired) electrons. The van der Waals surface area contributed by atoms with Crippen LogP contribution in [0.25, 0.3) is 0 Å². The number of aryl methyl sites for hydroxylation is 1. The standard InChI is InChI=1S/C18H21Cl2NO/c1-10-2-4-11(5-3-10)21-17(22)16-12-6-8-14-15(18(14,19)20)9-7-13(12)16/h2-5,12-16H,6-9H2,1H3,(H,21,22). The Morgan fingerprint density at radius 3 is 2.14 bits per heavy atom. The molecule has 1 N–H and O–H groups in total. The third-order valence-corrected chi connectivity index (χ3v) is 7.06. The Balaban J connectivity index is 1.37. The van der Waals surface area contributed by atoms with Crippen molar-refractivity contribution in [3.63, 3.8) is 0 Å². The number of rotatable bonds is 2. The average molecular weight is 338 g/mol. The molecule has 4 atom stereocenters. The Morgan fingerprint density at radius 2 is 1.59 bits per heavy atom. The molecule has 0 aliphatic heterocycles. The summed E-state index contributed by atoms with van der Waals surface area (Å²) in [5.74, 6) is 2.37. The van der Waals surface area contributed by atoms with Crippen molar-refractivity contribution in [3.8, 4) is 0 Å². The van der Waals surface area contributed by atoms with Gasteiger partial charge in [-0.05, 0) is 68.4 Å². The molecule has 3 saturated carbocycles. The SMILES string of the molecule is Cc1ccc(NC(=O)C2C3CCC4C(CCC32)C4(Cl)Cl)cc1. The predicted molar refractivity (Wildman–Crippen MR) is 90.2 cm³/mol. The lowest BCUT2D eigenvalue weighted by Gasteiger charge is -2.05. The van der Waals surface area contributed by atoms with Gasteiger partial charge in [-0.2, -0.15) is 0 Å². The summed E-state index contributed by atoms with van der Waals surface area (Å²) in [5, 5.41) is 3.08. The maximum Gasteiger partial charge on any atom is 0.228 e. The maximum absolute atomic E-state index is 12.5. The summed E-state index contributed by atoms with van der Waals surface area (Å²) < 4.78 is -0.476. The molecule has 3 aliphatic carbocycles. The highest BCUT2D eigenvalue weighted by molar-refractivity contribution is 6.51. The minimum atomic E-state index is -0.476. The number of alkyl halides is 2. The van der Waals surface area contributed by atoms with Crippen molar-refractivity contribution in [1.82, 2.24) is 0 Å². The Hall–Kier alpha value is -0.730. The molecule has 0 bridgehead atoms. The van der Waals surface area contributed by atoms with Gasteiger partial charge in [0.2, 0.25) is 5.91 Å². The van der Waals surface area contributed by atoms with Gasteiger partial charge < -0.3 is 5.32 Å². The van der Waals surface area contributed by atoms with Crippen LogP contribution >= 0.6 is 23.2 Å². The zero-order valence-corrected chi connectivity index (χ0v) is 14.2. The van der Waals surface area contributed by atoms with Gasteiger partial charge in [0.25, 0.3) is 0 Å². The van der Waals surface area contributed by atoms with Crippen LogP contribution in [0, 0.1) is 36.5 Å². The van der Waals surface area contributed by atoms with Crippen molar-refractivity contribution in [2.45, 2.75) is 36.9 Å². The van der Waals surface area contributed by atoms with E-state index < -0.39 is 4.33 Å². The molecule has 4 heteroatoms. The number of hydrogen-bond donors (Lipinski definition) is 1. The number of nitrogens with one attached hydrogen (secondary N) is 1. The molecule has 0 saturated heterocycles. The normalized spacial score (nSPS) is 38.0. The second-order valence-corrected chi connectivity index (χ2v) is 8.70. The fourth-order valence-corrected chi connectivity index (χ4v) is 5.39. The number of anilines is 1. The van der Waals surface area contributed by atoms with E-state index in [4.69, 9.17) is 23.2 Å². The molecular weight excluding hydrogens is 317 g/mol. The number of benzene rings is 1. The van der Waals surface area contributed by atoms with Crippen molar-refractivity contribution in [2.75, 3.05) is 5.32 Å². The van der Waals surface area contributed by atoms with Gasteiger partial charge in [0.1, 0.15) is 4.33 Å². The van der Waals surface area contributed by atoms with Gasteiger partial charge in [0.15, 0.2) is 0 Å². The lowest BCUT2D eigenvalue weighted by Crippen LogP contribution is -2.15. The predicted octanol–water partition coefficient (Wildman–Crippen LogP) is 4.79. The van der Waals surface area contributed by atoms with E-state index in [-0.39, 0.29) is 11.8 Å².